The number of carboxylic acids is 1. The zero-order chi connectivity index (χ0) is 17.4. The smallest absolute Gasteiger partial charge is 0.324 e. The van der Waals surface area contributed by atoms with Crippen LogP contribution in [-0.4, -0.2) is 21.6 Å². The number of hydrogen-bond donors (Lipinski definition) is 3. The molecule has 128 valence electrons. The van der Waals surface area contributed by atoms with Crippen molar-refractivity contribution in [2.24, 2.45) is 5.73 Å². The van der Waals surface area contributed by atoms with Crippen LogP contribution in [0.4, 0.5) is 0 Å². The van der Waals surface area contributed by atoms with Crippen LogP contribution in [0.5, 0.6) is 5.75 Å². The van der Waals surface area contributed by atoms with Gasteiger partial charge in [-0.1, -0.05) is 30.3 Å². The molecule has 3 aromatic rings. The van der Waals surface area contributed by atoms with Gasteiger partial charge in [-0.25, -0.2) is 0 Å². The van der Waals surface area contributed by atoms with Gasteiger partial charge in [0, 0.05) is 23.0 Å². The fourth-order valence-electron chi connectivity index (χ4n) is 3.46. The number of fused-ring (bicyclic) bond motifs is 3. The number of aromatic amines is 1. The van der Waals surface area contributed by atoms with E-state index >= 15 is 0 Å². The van der Waals surface area contributed by atoms with E-state index in [1.165, 1.54) is 0 Å². The van der Waals surface area contributed by atoms with E-state index in [9.17, 15) is 9.90 Å². The largest absolute Gasteiger partial charge is 0.489 e. The molecule has 0 fully saturated rings. The lowest BCUT2D eigenvalue weighted by Crippen LogP contribution is -2.52. The molecule has 0 spiro atoms. The second kappa shape index (κ2) is 5.93. The monoisotopic (exact) mass is 336 g/mol. The third-order valence-corrected chi connectivity index (χ3v) is 4.95. The predicted molar refractivity (Wildman–Crippen MR) is 95.7 cm³/mol. The summed E-state index contributed by atoms with van der Waals surface area (Å²) in [6, 6.07) is 15.9. The van der Waals surface area contributed by atoms with Gasteiger partial charge in [0.15, 0.2) is 0 Å². The zero-order valence-corrected chi connectivity index (χ0v) is 13.8. The first-order valence-corrected chi connectivity index (χ1v) is 8.38. The van der Waals surface area contributed by atoms with Crippen LogP contribution in [0.2, 0.25) is 0 Å². The quantitative estimate of drug-likeness (QED) is 0.683. The average molecular weight is 336 g/mol. The Morgan fingerprint density at radius 1 is 1.24 bits per heavy atom. The molecule has 0 amide bonds. The Bertz CT molecular complexity index is 933. The Hall–Kier alpha value is -2.79. The highest BCUT2D eigenvalue weighted by Crippen LogP contribution is 2.34. The molecule has 5 heteroatoms. The molecule has 4 N–H and O–H groups in total. The lowest BCUT2D eigenvalue weighted by molar-refractivity contribution is -0.143. The van der Waals surface area contributed by atoms with Crippen molar-refractivity contribution in [2.45, 2.75) is 31.4 Å². The first kappa shape index (κ1) is 15.7. The number of rotatable bonds is 4. The van der Waals surface area contributed by atoms with Crippen LogP contribution < -0.4 is 10.5 Å². The number of aryl methyl sites for hydroxylation is 1. The van der Waals surface area contributed by atoms with E-state index in [0.29, 0.717) is 25.9 Å². The number of aromatic nitrogens is 1. The van der Waals surface area contributed by atoms with Crippen molar-refractivity contribution in [3.05, 3.63) is 65.4 Å². The Kier molecular flexibility index (Phi) is 3.73. The normalized spacial score (nSPS) is 19.6. The summed E-state index contributed by atoms with van der Waals surface area (Å²) in [7, 11) is 0. The minimum Gasteiger partial charge on any atom is -0.489 e. The molecule has 5 nitrogen and oxygen atoms in total. The van der Waals surface area contributed by atoms with E-state index < -0.39 is 11.5 Å². The predicted octanol–water partition coefficient (Wildman–Crippen LogP) is 3.02. The minimum absolute atomic E-state index is 0.333. The molecule has 25 heavy (non-hydrogen) atoms. The summed E-state index contributed by atoms with van der Waals surface area (Å²) in [5, 5.41) is 10.4. The topological polar surface area (TPSA) is 88.3 Å². The molecule has 0 bridgehead atoms. The summed E-state index contributed by atoms with van der Waals surface area (Å²) >= 11 is 0. The Morgan fingerprint density at radius 2 is 2.04 bits per heavy atom. The Balaban J connectivity index is 1.63. The van der Waals surface area contributed by atoms with Crippen molar-refractivity contribution >= 4 is 16.9 Å². The van der Waals surface area contributed by atoms with E-state index in [0.717, 1.165) is 33.5 Å². The molecular weight excluding hydrogens is 316 g/mol. The summed E-state index contributed by atoms with van der Waals surface area (Å²) in [5.41, 5.74) is 9.08. The van der Waals surface area contributed by atoms with Crippen molar-refractivity contribution < 1.29 is 14.6 Å². The summed E-state index contributed by atoms with van der Waals surface area (Å²) < 4.78 is 5.90. The second-order valence-corrected chi connectivity index (χ2v) is 6.70. The van der Waals surface area contributed by atoms with Crippen LogP contribution in [-0.2, 0) is 24.2 Å². The van der Waals surface area contributed by atoms with E-state index in [4.69, 9.17) is 10.5 Å². The molecule has 0 saturated heterocycles. The summed E-state index contributed by atoms with van der Waals surface area (Å²) in [4.78, 5) is 14.9. The number of carboxylic acid groups (broad SMARTS) is 1. The zero-order valence-electron chi connectivity index (χ0n) is 13.8. The Labute approximate surface area is 145 Å². The number of aliphatic carboxylic acids is 1. The number of ether oxygens (including phenoxy) is 1. The fourth-order valence-corrected chi connectivity index (χ4v) is 3.46. The number of nitrogens with two attached hydrogens (primary N) is 1. The highest BCUT2D eigenvalue weighted by molar-refractivity contribution is 5.88. The second-order valence-electron chi connectivity index (χ2n) is 6.70. The molecule has 0 radical (unpaired) electrons. The van der Waals surface area contributed by atoms with Gasteiger partial charge in [0.2, 0.25) is 0 Å². The van der Waals surface area contributed by atoms with Gasteiger partial charge in [0.1, 0.15) is 17.9 Å². The SMILES string of the molecule is NC1(C(=O)O)CCc2[nH]c3ccc(OCc4ccccc4)cc3c2C1. The molecule has 1 atom stereocenters. The van der Waals surface area contributed by atoms with Crippen molar-refractivity contribution in [1.82, 2.24) is 4.98 Å². The number of carbonyl (C=O) groups is 1. The first-order valence-electron chi connectivity index (χ1n) is 8.38. The maximum absolute atomic E-state index is 11.5. The lowest BCUT2D eigenvalue weighted by atomic mass is 9.80. The van der Waals surface area contributed by atoms with Crippen molar-refractivity contribution in [3.63, 3.8) is 0 Å². The van der Waals surface area contributed by atoms with Crippen LogP contribution in [0, 0.1) is 0 Å². The molecule has 1 aliphatic rings. The maximum Gasteiger partial charge on any atom is 0.324 e. The average Bonchev–Trinajstić information content (AvgIpc) is 2.98. The molecule has 0 aliphatic heterocycles. The summed E-state index contributed by atoms with van der Waals surface area (Å²) in [5.74, 6) is -0.175. The van der Waals surface area contributed by atoms with E-state index in [2.05, 4.69) is 4.98 Å². The highest BCUT2D eigenvalue weighted by atomic mass is 16.5. The Morgan fingerprint density at radius 3 is 2.80 bits per heavy atom. The van der Waals surface area contributed by atoms with Crippen LogP contribution in [0.25, 0.3) is 10.9 Å². The molecule has 1 unspecified atom stereocenters. The molecule has 1 aromatic heterocycles. The van der Waals surface area contributed by atoms with Gasteiger partial charge in [0.05, 0.1) is 0 Å². The maximum atomic E-state index is 11.5. The van der Waals surface area contributed by atoms with Crippen LogP contribution in [0.3, 0.4) is 0 Å². The van der Waals surface area contributed by atoms with Gasteiger partial charge in [-0.3, -0.25) is 4.79 Å². The van der Waals surface area contributed by atoms with E-state index in [1.54, 1.807) is 0 Å². The van der Waals surface area contributed by atoms with E-state index in [1.807, 2.05) is 48.5 Å². The molecule has 1 aliphatic carbocycles. The van der Waals surface area contributed by atoms with Crippen molar-refractivity contribution in [3.8, 4) is 5.75 Å². The molecular formula is C20H20N2O3. The summed E-state index contributed by atoms with van der Waals surface area (Å²) in [6.45, 7) is 0.495. The third-order valence-electron chi connectivity index (χ3n) is 4.95. The van der Waals surface area contributed by atoms with Gasteiger partial charge in [-0.05, 0) is 42.2 Å². The van der Waals surface area contributed by atoms with Crippen molar-refractivity contribution in [2.75, 3.05) is 0 Å². The first-order chi connectivity index (χ1) is 12.0. The van der Waals surface area contributed by atoms with Crippen molar-refractivity contribution in [1.29, 1.82) is 0 Å². The van der Waals surface area contributed by atoms with Gasteiger partial charge in [0.25, 0.3) is 0 Å². The fraction of sp³-hybridized carbons (Fsp3) is 0.250. The number of benzene rings is 2. The summed E-state index contributed by atoms with van der Waals surface area (Å²) in [6.07, 6.45) is 1.42. The standard InChI is InChI=1S/C20H20N2O3/c21-20(19(23)24)9-8-18-16(11-20)15-10-14(6-7-17(15)22-18)25-12-13-4-2-1-3-5-13/h1-7,10,22H,8-9,11-12,21H2,(H,23,24). The molecule has 0 saturated carbocycles. The van der Waals surface area contributed by atoms with Crippen LogP contribution in [0.15, 0.2) is 48.5 Å². The van der Waals surface area contributed by atoms with Gasteiger partial charge < -0.3 is 20.6 Å². The lowest BCUT2D eigenvalue weighted by Gasteiger charge is -2.29. The number of nitrogens with one attached hydrogen (secondary N) is 1. The molecule has 4 rings (SSSR count). The van der Waals surface area contributed by atoms with E-state index in [-0.39, 0.29) is 0 Å². The van der Waals surface area contributed by atoms with Crippen LogP contribution >= 0.6 is 0 Å². The molecule has 1 heterocycles. The number of H-pyrrole nitrogens is 1. The van der Waals surface area contributed by atoms with Gasteiger partial charge >= 0.3 is 5.97 Å². The minimum atomic E-state index is -1.19. The number of hydrogen-bond acceptors (Lipinski definition) is 3. The van der Waals surface area contributed by atoms with Gasteiger partial charge in [-0.2, -0.15) is 0 Å². The molecule has 2 aromatic carbocycles. The highest BCUT2D eigenvalue weighted by Gasteiger charge is 2.39. The van der Waals surface area contributed by atoms with Gasteiger partial charge in [-0.15, -0.1) is 0 Å². The third kappa shape index (κ3) is 2.87. The van der Waals surface area contributed by atoms with Crippen LogP contribution in [0.1, 0.15) is 23.2 Å².